The summed E-state index contributed by atoms with van der Waals surface area (Å²) in [7, 11) is 0. The van der Waals surface area contributed by atoms with Crippen LogP contribution in [-0.4, -0.2) is 52.8 Å². The van der Waals surface area contributed by atoms with Gasteiger partial charge in [0.2, 0.25) is 0 Å². The van der Waals surface area contributed by atoms with Gasteiger partial charge in [-0.1, -0.05) is 48.5 Å². The highest BCUT2D eigenvalue weighted by molar-refractivity contribution is 5.79. The highest BCUT2D eigenvalue weighted by Gasteiger charge is 2.35. The number of benzene rings is 2. The highest BCUT2D eigenvalue weighted by Crippen LogP contribution is 2.44. The second-order valence-corrected chi connectivity index (χ2v) is 10.1. The maximum absolute atomic E-state index is 12.8. The van der Waals surface area contributed by atoms with Crippen LogP contribution >= 0.6 is 0 Å². The van der Waals surface area contributed by atoms with E-state index in [9.17, 15) is 14.7 Å². The van der Waals surface area contributed by atoms with Gasteiger partial charge in [0.1, 0.15) is 11.6 Å². The minimum Gasteiger partial charge on any atom is -0.480 e. The van der Waals surface area contributed by atoms with Crippen molar-refractivity contribution in [3.05, 3.63) is 59.7 Å². The quantitative estimate of drug-likeness (QED) is 0.646. The number of likely N-dealkylation sites (tertiary alicyclic amines) is 1. The fourth-order valence-electron chi connectivity index (χ4n) is 5.09. The maximum atomic E-state index is 12.8. The Bertz CT molecular complexity index is 968. The lowest BCUT2D eigenvalue weighted by atomic mass is 9.94. The van der Waals surface area contributed by atoms with Crippen molar-refractivity contribution in [3.8, 4) is 11.1 Å². The molecule has 2 atom stereocenters. The molecule has 0 spiro atoms. The number of carboxylic acid groups (broad SMARTS) is 1. The number of aliphatic carboxylic acids is 1. The predicted molar refractivity (Wildman–Crippen MR) is 128 cm³/mol. The number of carboxylic acids is 1. The molecule has 33 heavy (non-hydrogen) atoms. The largest absolute Gasteiger partial charge is 0.480 e. The van der Waals surface area contributed by atoms with Crippen molar-refractivity contribution < 1.29 is 19.4 Å². The van der Waals surface area contributed by atoms with E-state index in [0.29, 0.717) is 19.5 Å². The number of nitrogens with one attached hydrogen (secondary N) is 1. The summed E-state index contributed by atoms with van der Waals surface area (Å²) in [4.78, 5) is 26.7. The first-order valence-electron chi connectivity index (χ1n) is 11.9. The van der Waals surface area contributed by atoms with Crippen molar-refractivity contribution in [2.45, 2.75) is 70.1 Å². The summed E-state index contributed by atoms with van der Waals surface area (Å²) >= 11 is 0. The summed E-state index contributed by atoms with van der Waals surface area (Å²) in [5.41, 5.74) is 4.31. The Kier molecular flexibility index (Phi) is 6.75. The molecule has 0 saturated carbocycles. The van der Waals surface area contributed by atoms with Gasteiger partial charge in [-0.3, -0.25) is 4.79 Å². The molecule has 176 valence electrons. The van der Waals surface area contributed by atoms with Gasteiger partial charge in [0.05, 0.1) is 0 Å². The number of hydrogen-bond acceptors (Lipinski definition) is 4. The first kappa shape index (κ1) is 23.3. The van der Waals surface area contributed by atoms with Gasteiger partial charge in [-0.2, -0.15) is 0 Å². The van der Waals surface area contributed by atoms with Gasteiger partial charge < -0.3 is 20.1 Å². The molecule has 6 heteroatoms. The van der Waals surface area contributed by atoms with E-state index in [1.165, 1.54) is 22.3 Å². The van der Waals surface area contributed by atoms with Crippen LogP contribution in [0.4, 0.5) is 4.79 Å². The van der Waals surface area contributed by atoms with E-state index in [0.717, 1.165) is 19.3 Å². The van der Waals surface area contributed by atoms with E-state index in [1.54, 1.807) is 4.90 Å². The summed E-state index contributed by atoms with van der Waals surface area (Å²) in [5.74, 6) is -0.781. The van der Waals surface area contributed by atoms with Gasteiger partial charge in [-0.25, -0.2) is 4.79 Å². The van der Waals surface area contributed by atoms with Crippen LogP contribution in [0.5, 0.6) is 0 Å². The lowest BCUT2D eigenvalue weighted by molar-refractivity contribution is -0.140. The molecule has 1 saturated heterocycles. The number of rotatable bonds is 6. The van der Waals surface area contributed by atoms with E-state index >= 15 is 0 Å². The Morgan fingerprint density at radius 3 is 2.24 bits per heavy atom. The molecule has 1 aliphatic carbocycles. The van der Waals surface area contributed by atoms with Gasteiger partial charge in [0.25, 0.3) is 0 Å². The molecular weight excluding hydrogens is 416 g/mol. The van der Waals surface area contributed by atoms with E-state index < -0.39 is 17.6 Å². The summed E-state index contributed by atoms with van der Waals surface area (Å²) in [6, 6.07) is 15.8. The lowest BCUT2D eigenvalue weighted by Crippen LogP contribution is -2.50. The molecule has 2 unspecified atom stereocenters. The number of hydrogen-bond donors (Lipinski definition) is 2. The average molecular weight is 451 g/mol. The monoisotopic (exact) mass is 450 g/mol. The summed E-state index contributed by atoms with van der Waals surface area (Å²) in [5, 5.41) is 13.3. The van der Waals surface area contributed by atoms with Crippen molar-refractivity contribution in [3.63, 3.8) is 0 Å². The highest BCUT2D eigenvalue weighted by atomic mass is 16.6. The first-order chi connectivity index (χ1) is 15.7. The molecule has 0 radical (unpaired) electrons. The van der Waals surface area contributed by atoms with Gasteiger partial charge >= 0.3 is 12.1 Å². The van der Waals surface area contributed by atoms with Crippen LogP contribution in [0.3, 0.4) is 0 Å². The van der Waals surface area contributed by atoms with Crippen LogP contribution in [0.15, 0.2) is 48.5 Å². The molecule has 2 aliphatic rings. The third kappa shape index (κ3) is 5.22. The van der Waals surface area contributed by atoms with E-state index in [1.807, 2.05) is 45.0 Å². The standard InChI is InChI=1S/C27H34N2O4/c1-27(2,3)33-26(32)29-15-9-8-10-18(29)16-24(25(30)31)28-17-23-21-13-6-4-11-19(21)20-12-5-7-14-22(20)23/h4-7,11-14,18,23-24,28H,8-10,15-17H2,1-3H3,(H,30,31). The van der Waals surface area contributed by atoms with E-state index in [2.05, 4.69) is 29.6 Å². The minimum atomic E-state index is -0.885. The van der Waals surface area contributed by atoms with Crippen LogP contribution < -0.4 is 5.32 Å². The number of piperidine rings is 1. The molecular formula is C27H34N2O4. The Morgan fingerprint density at radius 1 is 1.06 bits per heavy atom. The van der Waals surface area contributed by atoms with Crippen LogP contribution in [-0.2, 0) is 9.53 Å². The average Bonchev–Trinajstić information content (AvgIpc) is 3.09. The SMILES string of the molecule is CC(C)(C)OC(=O)N1CCCCC1CC(NCC1c2ccccc2-c2ccccc21)C(=O)O. The topological polar surface area (TPSA) is 78.9 Å². The van der Waals surface area contributed by atoms with Gasteiger partial charge in [-0.05, 0) is 68.7 Å². The summed E-state index contributed by atoms with van der Waals surface area (Å²) < 4.78 is 5.59. The normalized spacial score (nSPS) is 19.0. The molecule has 2 aromatic rings. The summed E-state index contributed by atoms with van der Waals surface area (Å²) in [6.45, 7) is 6.69. The number of nitrogens with zero attached hydrogens (tertiary/aromatic N) is 1. The molecule has 2 aromatic carbocycles. The Morgan fingerprint density at radius 2 is 1.67 bits per heavy atom. The Balaban J connectivity index is 1.47. The van der Waals surface area contributed by atoms with Gasteiger partial charge in [0.15, 0.2) is 0 Å². The smallest absolute Gasteiger partial charge is 0.410 e. The molecule has 0 aromatic heterocycles. The molecule has 0 bridgehead atoms. The van der Waals surface area contributed by atoms with Gasteiger partial charge in [0, 0.05) is 25.0 Å². The third-order valence-electron chi connectivity index (χ3n) is 6.59. The number of amides is 1. The van der Waals surface area contributed by atoms with E-state index in [-0.39, 0.29) is 18.1 Å². The number of carbonyl (C=O) groups is 2. The zero-order valence-corrected chi connectivity index (χ0v) is 19.7. The van der Waals surface area contributed by atoms with Crippen LogP contribution in [0, 0.1) is 0 Å². The second-order valence-electron chi connectivity index (χ2n) is 10.1. The fourth-order valence-corrected chi connectivity index (χ4v) is 5.09. The van der Waals surface area contributed by atoms with Crippen molar-refractivity contribution in [1.82, 2.24) is 10.2 Å². The number of ether oxygens (including phenoxy) is 1. The van der Waals surface area contributed by atoms with E-state index in [4.69, 9.17) is 4.74 Å². The minimum absolute atomic E-state index is 0.104. The van der Waals surface area contributed by atoms with Crippen molar-refractivity contribution in [2.24, 2.45) is 0 Å². The second kappa shape index (κ2) is 9.56. The maximum Gasteiger partial charge on any atom is 0.410 e. The molecule has 1 amide bonds. The molecule has 1 fully saturated rings. The van der Waals surface area contributed by atoms with Gasteiger partial charge in [-0.15, -0.1) is 0 Å². The van der Waals surface area contributed by atoms with Crippen LogP contribution in [0.2, 0.25) is 0 Å². The molecule has 1 aliphatic heterocycles. The Hall–Kier alpha value is -2.86. The molecule has 2 N–H and O–H groups in total. The summed E-state index contributed by atoms with van der Waals surface area (Å²) in [6.07, 6.45) is 2.70. The fraction of sp³-hybridized carbons (Fsp3) is 0.481. The number of carbonyl (C=O) groups excluding carboxylic acids is 1. The predicted octanol–water partition coefficient (Wildman–Crippen LogP) is 5.02. The zero-order chi connectivity index (χ0) is 23.6. The molecule has 6 nitrogen and oxygen atoms in total. The first-order valence-corrected chi connectivity index (χ1v) is 11.9. The van der Waals surface area contributed by atoms with Crippen molar-refractivity contribution >= 4 is 12.1 Å². The number of fused-ring (bicyclic) bond motifs is 3. The van der Waals surface area contributed by atoms with Crippen LogP contribution in [0.25, 0.3) is 11.1 Å². The molecule has 4 rings (SSSR count). The third-order valence-corrected chi connectivity index (χ3v) is 6.59. The Labute approximate surface area is 195 Å². The van der Waals surface area contributed by atoms with Crippen LogP contribution in [0.1, 0.15) is 63.5 Å². The molecule has 1 heterocycles. The lowest BCUT2D eigenvalue weighted by Gasteiger charge is -2.38. The zero-order valence-electron chi connectivity index (χ0n) is 19.7. The van der Waals surface area contributed by atoms with Crippen molar-refractivity contribution in [2.75, 3.05) is 13.1 Å². The van der Waals surface area contributed by atoms with Crippen molar-refractivity contribution in [1.29, 1.82) is 0 Å².